The van der Waals surface area contributed by atoms with Gasteiger partial charge in [-0.05, 0) is 0 Å². The molecule has 0 atom stereocenters. The van der Waals surface area contributed by atoms with Crippen LogP contribution in [0.4, 0.5) is 5.82 Å². The number of hydrogen-bond donors (Lipinski definition) is 1. The second kappa shape index (κ2) is 4.78. The molecule has 0 aliphatic rings. The summed E-state index contributed by atoms with van der Waals surface area (Å²) >= 11 is 0. The lowest BCUT2D eigenvalue weighted by Gasteiger charge is -2.10. The van der Waals surface area contributed by atoms with Crippen LogP contribution in [-0.2, 0) is 7.05 Å². The molecule has 0 aliphatic heterocycles. The minimum Gasteiger partial charge on any atom is -0.361 e. The Morgan fingerprint density at radius 2 is 1.94 bits per heavy atom. The summed E-state index contributed by atoms with van der Waals surface area (Å²) in [5.41, 5.74) is 1.11. The van der Waals surface area contributed by atoms with E-state index in [0.717, 1.165) is 0 Å². The highest BCUT2D eigenvalue weighted by Gasteiger charge is 2.10. The molecule has 2 heterocycles. The monoisotopic (exact) mass is 223 g/mol. The molecule has 1 N–H and O–H groups in total. The summed E-state index contributed by atoms with van der Waals surface area (Å²) in [6.45, 7) is 4.00. The molecule has 0 bridgehead atoms. The van der Waals surface area contributed by atoms with E-state index in [0.29, 0.717) is 17.0 Å². The summed E-state index contributed by atoms with van der Waals surface area (Å²) in [7, 11) is 5.41. The Morgan fingerprint density at radius 1 is 1.31 bits per heavy atom. The summed E-state index contributed by atoms with van der Waals surface area (Å²) in [5.74, 6) is 0.715. The smallest absolute Gasteiger partial charge is 0.327 e. The average Bonchev–Trinajstić information content (AvgIpc) is 2.58. The van der Waals surface area contributed by atoms with Gasteiger partial charge in [0.15, 0.2) is 11.5 Å². The number of H-pyrrole nitrogens is 1. The summed E-state index contributed by atoms with van der Waals surface area (Å²) in [6, 6.07) is 0. The van der Waals surface area contributed by atoms with E-state index in [-0.39, 0.29) is 5.69 Å². The van der Waals surface area contributed by atoms with Gasteiger partial charge >= 0.3 is 5.69 Å². The number of rotatable bonds is 1. The predicted octanol–water partition coefficient (Wildman–Crippen LogP) is 0.749. The average molecular weight is 223 g/mol. The van der Waals surface area contributed by atoms with E-state index in [1.165, 1.54) is 10.9 Å². The predicted molar refractivity (Wildman–Crippen MR) is 64.8 cm³/mol. The molecule has 88 valence electrons. The molecule has 0 fully saturated rings. The highest BCUT2D eigenvalue weighted by atomic mass is 16.1. The Hall–Kier alpha value is -1.85. The zero-order valence-electron chi connectivity index (χ0n) is 10.3. The lowest BCUT2D eigenvalue weighted by Crippen LogP contribution is -2.12. The quantitative estimate of drug-likeness (QED) is 0.774. The SMILES string of the molecule is CC.CN(C)c1ncnc2c1[nH]c(=O)n2C. The number of fused-ring (bicyclic) bond motifs is 1. The van der Waals surface area contributed by atoms with Crippen LogP contribution in [-0.4, -0.2) is 33.6 Å². The van der Waals surface area contributed by atoms with E-state index in [9.17, 15) is 4.79 Å². The summed E-state index contributed by atoms with van der Waals surface area (Å²) in [6.07, 6.45) is 1.45. The van der Waals surface area contributed by atoms with Crippen molar-refractivity contribution in [3.05, 3.63) is 16.8 Å². The van der Waals surface area contributed by atoms with E-state index in [2.05, 4.69) is 15.0 Å². The number of anilines is 1. The van der Waals surface area contributed by atoms with Gasteiger partial charge in [-0.2, -0.15) is 0 Å². The van der Waals surface area contributed by atoms with Crippen molar-refractivity contribution in [2.45, 2.75) is 13.8 Å². The molecule has 0 radical (unpaired) electrons. The van der Waals surface area contributed by atoms with Gasteiger partial charge in [0.05, 0.1) is 0 Å². The van der Waals surface area contributed by atoms with Crippen molar-refractivity contribution in [3.63, 3.8) is 0 Å². The van der Waals surface area contributed by atoms with Gasteiger partial charge in [0.25, 0.3) is 0 Å². The Kier molecular flexibility index (Phi) is 3.65. The van der Waals surface area contributed by atoms with Crippen LogP contribution in [0.5, 0.6) is 0 Å². The minimum atomic E-state index is -0.177. The van der Waals surface area contributed by atoms with Gasteiger partial charge in [-0.15, -0.1) is 0 Å². The first kappa shape index (κ1) is 12.2. The zero-order chi connectivity index (χ0) is 12.3. The second-order valence-corrected chi connectivity index (χ2v) is 3.28. The normalized spacial score (nSPS) is 9.81. The standard InChI is InChI=1S/C8H11N5O.C2H6/c1-12(2)6-5-7(10-4-9-6)13(3)8(14)11-5;1-2/h4H,1-3H3,(H,11,14);1-2H3. The van der Waals surface area contributed by atoms with Crippen LogP contribution in [0.2, 0.25) is 0 Å². The van der Waals surface area contributed by atoms with Gasteiger partial charge < -0.3 is 9.88 Å². The van der Waals surface area contributed by atoms with Gasteiger partial charge in [0, 0.05) is 21.1 Å². The number of nitrogens with one attached hydrogen (secondary N) is 1. The molecule has 0 saturated heterocycles. The summed E-state index contributed by atoms with van der Waals surface area (Å²) < 4.78 is 1.46. The third kappa shape index (κ3) is 1.91. The molecule has 0 saturated carbocycles. The molecule has 0 spiro atoms. The van der Waals surface area contributed by atoms with Crippen LogP contribution >= 0.6 is 0 Å². The van der Waals surface area contributed by atoms with Crippen molar-refractivity contribution < 1.29 is 0 Å². The maximum atomic E-state index is 11.3. The molecular weight excluding hydrogens is 206 g/mol. The van der Waals surface area contributed by atoms with Crippen LogP contribution in [0.3, 0.4) is 0 Å². The molecule has 16 heavy (non-hydrogen) atoms. The number of aryl methyl sites for hydroxylation is 1. The molecular formula is C10H17N5O. The second-order valence-electron chi connectivity index (χ2n) is 3.28. The molecule has 0 unspecified atom stereocenters. The van der Waals surface area contributed by atoms with Crippen molar-refractivity contribution in [2.75, 3.05) is 19.0 Å². The summed E-state index contributed by atoms with van der Waals surface area (Å²) in [4.78, 5) is 24.0. The molecule has 6 nitrogen and oxygen atoms in total. The maximum absolute atomic E-state index is 11.3. The van der Waals surface area contributed by atoms with Gasteiger partial charge in [-0.1, -0.05) is 13.8 Å². The Bertz CT molecular complexity index is 525. The highest BCUT2D eigenvalue weighted by Crippen LogP contribution is 2.16. The maximum Gasteiger partial charge on any atom is 0.327 e. The number of aromatic amines is 1. The largest absolute Gasteiger partial charge is 0.361 e. The van der Waals surface area contributed by atoms with Crippen LogP contribution in [0.1, 0.15) is 13.8 Å². The molecule has 2 aromatic rings. The molecule has 0 aromatic carbocycles. The Balaban J connectivity index is 0.000000606. The first-order valence-electron chi connectivity index (χ1n) is 5.18. The van der Waals surface area contributed by atoms with Crippen LogP contribution in [0.15, 0.2) is 11.1 Å². The molecule has 2 aromatic heterocycles. The van der Waals surface area contributed by atoms with Crippen molar-refractivity contribution in [3.8, 4) is 0 Å². The first-order chi connectivity index (χ1) is 7.61. The van der Waals surface area contributed by atoms with E-state index in [1.807, 2.05) is 32.8 Å². The van der Waals surface area contributed by atoms with Crippen molar-refractivity contribution >= 4 is 17.0 Å². The van der Waals surface area contributed by atoms with Crippen molar-refractivity contribution in [1.29, 1.82) is 0 Å². The third-order valence-corrected chi connectivity index (χ3v) is 2.09. The van der Waals surface area contributed by atoms with Crippen LogP contribution in [0, 0.1) is 0 Å². The number of aromatic nitrogens is 4. The Labute approximate surface area is 93.9 Å². The van der Waals surface area contributed by atoms with Crippen LogP contribution in [0.25, 0.3) is 11.2 Å². The molecule has 0 aliphatic carbocycles. The van der Waals surface area contributed by atoms with Gasteiger partial charge in [-0.3, -0.25) is 4.57 Å². The fourth-order valence-corrected chi connectivity index (χ4v) is 1.36. The minimum absolute atomic E-state index is 0.177. The highest BCUT2D eigenvalue weighted by molar-refractivity contribution is 5.82. The molecule has 0 amide bonds. The van der Waals surface area contributed by atoms with Crippen LogP contribution < -0.4 is 10.6 Å². The number of hydrogen-bond acceptors (Lipinski definition) is 4. The lowest BCUT2D eigenvalue weighted by atomic mass is 10.5. The van der Waals surface area contributed by atoms with Gasteiger partial charge in [-0.25, -0.2) is 14.8 Å². The van der Waals surface area contributed by atoms with E-state index in [4.69, 9.17) is 0 Å². The van der Waals surface area contributed by atoms with E-state index < -0.39 is 0 Å². The number of nitrogens with zero attached hydrogens (tertiary/aromatic N) is 4. The fourth-order valence-electron chi connectivity index (χ4n) is 1.36. The van der Waals surface area contributed by atoms with Crippen molar-refractivity contribution in [1.82, 2.24) is 19.5 Å². The lowest BCUT2D eigenvalue weighted by molar-refractivity contribution is 0.877. The third-order valence-electron chi connectivity index (χ3n) is 2.09. The topological polar surface area (TPSA) is 66.8 Å². The number of imidazole rings is 1. The first-order valence-corrected chi connectivity index (χ1v) is 5.18. The molecule has 2 rings (SSSR count). The summed E-state index contributed by atoms with van der Waals surface area (Å²) in [5, 5.41) is 0. The molecule has 6 heteroatoms. The van der Waals surface area contributed by atoms with Gasteiger partial charge in [0.1, 0.15) is 11.8 Å². The Morgan fingerprint density at radius 3 is 2.50 bits per heavy atom. The van der Waals surface area contributed by atoms with Crippen molar-refractivity contribution in [2.24, 2.45) is 7.05 Å². The van der Waals surface area contributed by atoms with E-state index >= 15 is 0 Å². The zero-order valence-corrected chi connectivity index (χ0v) is 10.3. The van der Waals surface area contributed by atoms with Gasteiger partial charge in [0.2, 0.25) is 0 Å². The van der Waals surface area contributed by atoms with E-state index in [1.54, 1.807) is 7.05 Å². The fraction of sp³-hybridized carbons (Fsp3) is 0.500.